The lowest BCUT2D eigenvalue weighted by Gasteiger charge is -2.17. The number of nitrogens with one attached hydrogen (secondary N) is 1. The third-order valence-electron chi connectivity index (χ3n) is 2.86. The van der Waals surface area contributed by atoms with Crippen LogP contribution in [0.2, 0.25) is 0 Å². The van der Waals surface area contributed by atoms with Gasteiger partial charge in [-0.25, -0.2) is 0 Å². The van der Waals surface area contributed by atoms with Gasteiger partial charge >= 0.3 is 0 Å². The van der Waals surface area contributed by atoms with E-state index in [1.54, 1.807) is 13.0 Å². The monoisotopic (exact) mass is 283 g/mol. The summed E-state index contributed by atoms with van der Waals surface area (Å²) in [5.74, 6) is -0.131. The average Bonchev–Trinajstić information content (AvgIpc) is 2.81. The molecule has 5 heteroatoms. The van der Waals surface area contributed by atoms with Crippen molar-refractivity contribution in [2.24, 2.45) is 5.92 Å². The van der Waals surface area contributed by atoms with E-state index in [4.69, 9.17) is 0 Å². The standard InChI is InChI=1S/C14H21NO3S/c1-9(2)11(16)8-14(18)15-10(3)7-12(17)13-5-4-6-19-13/h4-6,9-11,16H,7-8H2,1-3H3,(H,15,18). The number of rotatable bonds is 7. The summed E-state index contributed by atoms with van der Waals surface area (Å²) >= 11 is 1.40. The molecular weight excluding hydrogens is 262 g/mol. The fourth-order valence-electron chi connectivity index (χ4n) is 1.63. The molecule has 2 atom stereocenters. The zero-order valence-corrected chi connectivity index (χ0v) is 12.4. The fourth-order valence-corrected chi connectivity index (χ4v) is 2.30. The van der Waals surface area contributed by atoms with Crippen LogP contribution in [0.15, 0.2) is 17.5 Å². The van der Waals surface area contributed by atoms with Crippen molar-refractivity contribution >= 4 is 23.0 Å². The molecule has 2 unspecified atom stereocenters. The molecule has 0 radical (unpaired) electrons. The van der Waals surface area contributed by atoms with Crippen LogP contribution in [0.5, 0.6) is 0 Å². The minimum absolute atomic E-state index is 0.0345. The van der Waals surface area contributed by atoms with Gasteiger partial charge in [0.25, 0.3) is 0 Å². The highest BCUT2D eigenvalue weighted by atomic mass is 32.1. The molecule has 0 aromatic carbocycles. The SMILES string of the molecule is CC(CC(=O)c1cccs1)NC(=O)CC(O)C(C)C. The number of carbonyl (C=O) groups excluding carboxylic acids is 2. The van der Waals surface area contributed by atoms with Gasteiger partial charge in [-0.15, -0.1) is 11.3 Å². The van der Waals surface area contributed by atoms with E-state index >= 15 is 0 Å². The Balaban J connectivity index is 2.37. The summed E-state index contributed by atoms with van der Waals surface area (Å²) in [4.78, 5) is 24.2. The Hall–Kier alpha value is -1.20. The number of carbonyl (C=O) groups is 2. The summed E-state index contributed by atoms with van der Waals surface area (Å²) in [7, 11) is 0. The number of amides is 1. The Kier molecular flexibility index (Phi) is 6.18. The van der Waals surface area contributed by atoms with Crippen LogP contribution >= 0.6 is 11.3 Å². The van der Waals surface area contributed by atoms with Crippen molar-refractivity contribution in [1.82, 2.24) is 5.32 Å². The minimum Gasteiger partial charge on any atom is -0.392 e. The van der Waals surface area contributed by atoms with Crippen molar-refractivity contribution in [3.8, 4) is 0 Å². The molecule has 0 spiro atoms. The summed E-state index contributed by atoms with van der Waals surface area (Å²) in [6.07, 6.45) is -0.278. The Morgan fingerprint density at radius 3 is 2.53 bits per heavy atom. The summed E-state index contributed by atoms with van der Waals surface area (Å²) in [6, 6.07) is 3.39. The van der Waals surface area contributed by atoms with E-state index < -0.39 is 6.10 Å². The van der Waals surface area contributed by atoms with E-state index in [0.717, 1.165) is 0 Å². The third-order valence-corrected chi connectivity index (χ3v) is 3.77. The van der Waals surface area contributed by atoms with Crippen LogP contribution in [0.3, 0.4) is 0 Å². The lowest BCUT2D eigenvalue weighted by Crippen LogP contribution is -2.36. The van der Waals surface area contributed by atoms with E-state index in [2.05, 4.69) is 5.32 Å². The third kappa shape index (κ3) is 5.53. The van der Waals surface area contributed by atoms with E-state index in [1.165, 1.54) is 11.3 Å². The van der Waals surface area contributed by atoms with Gasteiger partial charge in [0.05, 0.1) is 17.4 Å². The highest BCUT2D eigenvalue weighted by Crippen LogP contribution is 2.12. The molecule has 0 saturated carbocycles. The number of Topliss-reactive ketones (excluding diaryl/α,β-unsaturated/α-hetero) is 1. The molecule has 19 heavy (non-hydrogen) atoms. The second-order valence-electron chi connectivity index (χ2n) is 5.09. The molecule has 1 amide bonds. The number of ketones is 1. The quantitative estimate of drug-likeness (QED) is 0.754. The number of hydrogen-bond acceptors (Lipinski definition) is 4. The Morgan fingerprint density at radius 1 is 1.32 bits per heavy atom. The first-order valence-corrected chi connectivity index (χ1v) is 7.32. The molecule has 0 aliphatic heterocycles. The first kappa shape index (κ1) is 15.9. The molecule has 0 saturated heterocycles. The van der Waals surface area contributed by atoms with Gasteiger partial charge in [-0.05, 0) is 24.3 Å². The Labute approximate surface area is 117 Å². The molecule has 4 nitrogen and oxygen atoms in total. The topological polar surface area (TPSA) is 66.4 Å². The normalized spacial score (nSPS) is 14.2. The molecule has 1 aromatic heterocycles. The van der Waals surface area contributed by atoms with Gasteiger partial charge in [-0.3, -0.25) is 9.59 Å². The maximum Gasteiger partial charge on any atom is 0.222 e. The van der Waals surface area contributed by atoms with Gasteiger partial charge in [0.15, 0.2) is 5.78 Å². The molecule has 1 heterocycles. The first-order valence-electron chi connectivity index (χ1n) is 6.44. The molecule has 1 rings (SSSR count). The largest absolute Gasteiger partial charge is 0.392 e. The number of thiophene rings is 1. The molecular formula is C14H21NO3S. The van der Waals surface area contributed by atoms with Gasteiger partial charge in [0.2, 0.25) is 5.91 Å². The summed E-state index contributed by atoms with van der Waals surface area (Å²) in [5.41, 5.74) is 0. The Bertz CT molecular complexity index is 414. The molecule has 0 bridgehead atoms. The number of aliphatic hydroxyl groups is 1. The van der Waals surface area contributed by atoms with Crippen LogP contribution in [0, 0.1) is 5.92 Å². The second kappa shape index (κ2) is 7.40. The molecule has 0 fully saturated rings. The highest BCUT2D eigenvalue weighted by molar-refractivity contribution is 7.12. The average molecular weight is 283 g/mol. The lowest BCUT2D eigenvalue weighted by atomic mass is 10.0. The molecule has 0 aliphatic carbocycles. The van der Waals surface area contributed by atoms with Gasteiger partial charge in [-0.2, -0.15) is 0 Å². The summed E-state index contributed by atoms with van der Waals surface area (Å²) in [6.45, 7) is 5.52. The van der Waals surface area contributed by atoms with Crippen LogP contribution in [-0.4, -0.2) is 28.9 Å². The van der Waals surface area contributed by atoms with Gasteiger partial charge < -0.3 is 10.4 Å². The zero-order chi connectivity index (χ0) is 14.4. The van der Waals surface area contributed by atoms with Crippen LogP contribution in [-0.2, 0) is 4.79 Å². The number of hydrogen-bond donors (Lipinski definition) is 2. The van der Waals surface area contributed by atoms with E-state index in [1.807, 2.05) is 25.3 Å². The molecule has 106 valence electrons. The highest BCUT2D eigenvalue weighted by Gasteiger charge is 2.18. The van der Waals surface area contributed by atoms with Crippen LogP contribution in [0.4, 0.5) is 0 Å². The summed E-state index contributed by atoms with van der Waals surface area (Å²) < 4.78 is 0. The van der Waals surface area contributed by atoms with Crippen molar-refractivity contribution in [3.63, 3.8) is 0 Å². The predicted octanol–water partition coefficient (Wildman–Crippen LogP) is 2.23. The summed E-state index contributed by atoms with van der Waals surface area (Å²) in [5, 5.41) is 14.2. The maximum absolute atomic E-state index is 11.8. The van der Waals surface area contributed by atoms with Gasteiger partial charge in [0.1, 0.15) is 0 Å². The van der Waals surface area contributed by atoms with Crippen LogP contribution in [0.1, 0.15) is 43.3 Å². The van der Waals surface area contributed by atoms with Crippen molar-refractivity contribution in [2.45, 2.75) is 45.8 Å². The fraction of sp³-hybridized carbons (Fsp3) is 0.571. The molecule has 1 aromatic rings. The zero-order valence-electron chi connectivity index (χ0n) is 11.6. The smallest absolute Gasteiger partial charge is 0.222 e. The Morgan fingerprint density at radius 2 is 2.00 bits per heavy atom. The lowest BCUT2D eigenvalue weighted by molar-refractivity contribution is -0.124. The first-order chi connectivity index (χ1) is 8.90. The maximum atomic E-state index is 11.8. The molecule has 0 aliphatic rings. The van der Waals surface area contributed by atoms with Crippen molar-refractivity contribution in [3.05, 3.63) is 22.4 Å². The van der Waals surface area contributed by atoms with Crippen LogP contribution in [0.25, 0.3) is 0 Å². The van der Waals surface area contributed by atoms with Gasteiger partial charge in [0, 0.05) is 12.5 Å². The van der Waals surface area contributed by atoms with Crippen molar-refractivity contribution in [2.75, 3.05) is 0 Å². The second-order valence-corrected chi connectivity index (χ2v) is 6.04. The van der Waals surface area contributed by atoms with E-state index in [9.17, 15) is 14.7 Å². The van der Waals surface area contributed by atoms with Crippen LogP contribution < -0.4 is 5.32 Å². The molecule has 2 N–H and O–H groups in total. The van der Waals surface area contributed by atoms with Crippen molar-refractivity contribution in [1.29, 1.82) is 0 Å². The van der Waals surface area contributed by atoms with E-state index in [-0.39, 0.29) is 36.5 Å². The number of aliphatic hydroxyl groups excluding tert-OH is 1. The minimum atomic E-state index is -0.639. The van der Waals surface area contributed by atoms with E-state index in [0.29, 0.717) is 4.88 Å². The predicted molar refractivity (Wildman–Crippen MR) is 76.3 cm³/mol. The van der Waals surface area contributed by atoms with Crippen molar-refractivity contribution < 1.29 is 14.7 Å². The van der Waals surface area contributed by atoms with Gasteiger partial charge in [-0.1, -0.05) is 19.9 Å².